The quantitative estimate of drug-likeness (QED) is 0.529. The van der Waals surface area contributed by atoms with Crippen molar-refractivity contribution >= 4 is 11.9 Å². The van der Waals surface area contributed by atoms with Gasteiger partial charge in [-0.2, -0.15) is 0 Å². The molecule has 0 aromatic rings. The van der Waals surface area contributed by atoms with E-state index in [1.807, 2.05) is 0 Å². The minimum absolute atomic E-state index is 2.10. The molecule has 0 saturated carbocycles. The normalized spacial score (nSPS) is 18.7. The number of carboxylic acid groups (broad SMARTS) is 2. The second kappa shape index (κ2) is 3.85. The van der Waals surface area contributed by atoms with Crippen LogP contribution in [0.1, 0.15) is 5.48 Å². The average molecular weight is 138 g/mol. The molecule has 9 heavy (non-hydrogen) atoms. The number of ether oxygens (including phenoxy) is 1. The van der Waals surface area contributed by atoms with Gasteiger partial charge in [-0.3, -0.25) is 0 Å². The Bertz CT molecular complexity index is 213. The molecule has 5 heteroatoms. The maximum atomic E-state index is 10.1. The highest BCUT2D eigenvalue weighted by Gasteiger charge is 1.98. The van der Waals surface area contributed by atoms with Gasteiger partial charge in [-0.15, -0.1) is 0 Å². The van der Waals surface area contributed by atoms with Gasteiger partial charge in [-0.25, -0.2) is 9.59 Å². The number of carbonyl (C=O) groups is 2. The fourth-order valence-corrected chi connectivity index (χ4v) is 0.113. The lowest BCUT2D eigenvalue weighted by molar-refractivity contribution is -0.148. The third kappa shape index (κ3) is 6.90. The Balaban J connectivity index is 4.61. The van der Waals surface area contributed by atoms with Crippen LogP contribution in [-0.2, 0) is 14.3 Å². The molecule has 0 aliphatic carbocycles. The fraction of sp³-hybridized carbons (Fsp3) is 0.500. The summed E-state index contributed by atoms with van der Waals surface area (Å²) in [6.45, 7) is -6.75. The van der Waals surface area contributed by atoms with Crippen LogP contribution in [0.4, 0.5) is 0 Å². The molecule has 0 amide bonds. The van der Waals surface area contributed by atoms with E-state index in [0.717, 1.165) is 0 Å². The highest BCUT2D eigenvalue weighted by molar-refractivity contribution is 5.70. The lowest BCUT2D eigenvalue weighted by atomic mass is 10.7. The smallest absolute Gasteiger partial charge is 0.329 e. The highest BCUT2D eigenvalue weighted by Crippen LogP contribution is 1.73. The predicted molar refractivity (Wildman–Crippen MR) is 26.1 cm³/mol. The van der Waals surface area contributed by atoms with Gasteiger partial charge in [0.1, 0.15) is 13.1 Å². The summed E-state index contributed by atoms with van der Waals surface area (Å²) in [6, 6.07) is 0. The molecule has 0 aliphatic heterocycles. The zero-order valence-electron chi connectivity index (χ0n) is 8.12. The van der Waals surface area contributed by atoms with Crippen molar-refractivity contribution in [2.75, 3.05) is 13.1 Å². The van der Waals surface area contributed by atoms with Crippen molar-refractivity contribution in [1.29, 1.82) is 0 Å². The van der Waals surface area contributed by atoms with Gasteiger partial charge in [-0.1, -0.05) is 0 Å². The average Bonchev–Trinajstić information content (AvgIpc) is 1.83. The molecule has 0 atom stereocenters. The van der Waals surface area contributed by atoms with E-state index >= 15 is 0 Å². The number of hydrogen-bond donors (Lipinski definition) is 2. The van der Waals surface area contributed by atoms with Crippen LogP contribution in [0, 0.1) is 0 Å². The Kier molecular flexibility index (Phi) is 1.35. The van der Waals surface area contributed by atoms with Gasteiger partial charge in [0.25, 0.3) is 0 Å². The third-order valence-electron chi connectivity index (χ3n) is 0.277. The minimum atomic E-state index is -3.37. The van der Waals surface area contributed by atoms with Crippen molar-refractivity contribution in [3.05, 3.63) is 0 Å². The molecule has 0 rings (SSSR count). The summed E-state index contributed by atoms with van der Waals surface area (Å²) in [7, 11) is 0. The minimum Gasteiger partial charge on any atom is -0.480 e. The molecule has 52 valence electrons. The van der Waals surface area contributed by atoms with Gasteiger partial charge in [0.05, 0.1) is 5.48 Å². The summed E-state index contributed by atoms with van der Waals surface area (Å²) in [6.07, 6.45) is 0. The maximum absolute atomic E-state index is 10.1. The second-order valence-electron chi connectivity index (χ2n) is 0.916. The molecule has 0 heterocycles. The molecule has 0 aromatic carbocycles. The Morgan fingerprint density at radius 2 is 1.67 bits per heavy atom. The van der Waals surface area contributed by atoms with E-state index in [0.29, 0.717) is 0 Å². The van der Waals surface area contributed by atoms with Gasteiger partial charge >= 0.3 is 11.9 Å². The monoisotopic (exact) mass is 138 g/mol. The van der Waals surface area contributed by atoms with Crippen molar-refractivity contribution in [1.82, 2.24) is 0 Å². The van der Waals surface area contributed by atoms with Crippen molar-refractivity contribution in [3.63, 3.8) is 0 Å². The number of carboxylic acids is 2. The number of hydrogen-bond acceptors (Lipinski definition) is 3. The predicted octanol–water partition coefficient (Wildman–Crippen LogP) is -0.828. The van der Waals surface area contributed by atoms with Crippen molar-refractivity contribution in [2.45, 2.75) is 0 Å². The van der Waals surface area contributed by atoms with Gasteiger partial charge in [0.2, 0.25) is 0 Å². The summed E-state index contributed by atoms with van der Waals surface area (Å²) >= 11 is 0. The highest BCUT2D eigenvalue weighted by atomic mass is 16.5. The van der Waals surface area contributed by atoms with Crippen LogP contribution in [0.3, 0.4) is 0 Å². The molecular formula is C4H6O5. The molecule has 5 nitrogen and oxygen atoms in total. The zero-order chi connectivity index (χ0) is 10.9. The maximum Gasteiger partial charge on any atom is 0.329 e. The molecule has 0 bridgehead atoms. The zero-order valence-corrected chi connectivity index (χ0v) is 4.12. The molecule has 0 saturated heterocycles. The van der Waals surface area contributed by atoms with Crippen LogP contribution in [-0.4, -0.2) is 35.3 Å². The molecule has 2 N–H and O–H groups in total. The first-order valence-electron chi connectivity index (χ1n) is 3.76. The number of aliphatic carboxylic acids is 2. The SMILES string of the molecule is [2H]C([2H])(OC([2H])([2H])C(=O)O)C(=O)O. The van der Waals surface area contributed by atoms with E-state index < -0.39 is 25.1 Å². The van der Waals surface area contributed by atoms with Crippen molar-refractivity contribution in [3.8, 4) is 0 Å². The van der Waals surface area contributed by atoms with Crippen molar-refractivity contribution < 1.29 is 30.0 Å². The first kappa shape index (κ1) is 3.17. The topological polar surface area (TPSA) is 83.8 Å². The molecule has 0 unspecified atom stereocenters. The van der Waals surface area contributed by atoms with E-state index in [4.69, 9.17) is 15.7 Å². The van der Waals surface area contributed by atoms with Crippen LogP contribution >= 0.6 is 0 Å². The second-order valence-corrected chi connectivity index (χ2v) is 0.916. The summed E-state index contributed by atoms with van der Waals surface area (Å²) in [4.78, 5) is 20.1. The summed E-state index contributed by atoms with van der Waals surface area (Å²) in [5, 5.41) is 16.3. The lowest BCUT2D eigenvalue weighted by Crippen LogP contribution is -2.13. The van der Waals surface area contributed by atoms with Crippen LogP contribution < -0.4 is 0 Å². The molecule has 0 aliphatic rings. The molecular weight excluding hydrogens is 128 g/mol. The summed E-state index contributed by atoms with van der Waals surface area (Å²) in [5.41, 5.74) is 0. The largest absolute Gasteiger partial charge is 0.480 e. The first-order chi connectivity index (χ1) is 5.59. The summed E-state index contributed by atoms with van der Waals surface area (Å²) in [5.74, 6) is -4.20. The van der Waals surface area contributed by atoms with E-state index in [1.54, 1.807) is 0 Å². The van der Waals surface area contributed by atoms with E-state index in [2.05, 4.69) is 4.74 Å². The first-order valence-corrected chi connectivity index (χ1v) is 1.76. The van der Waals surface area contributed by atoms with E-state index in [-0.39, 0.29) is 0 Å². The Morgan fingerprint density at radius 1 is 1.33 bits per heavy atom. The fourth-order valence-electron chi connectivity index (χ4n) is 0.113. The van der Waals surface area contributed by atoms with E-state index in [9.17, 15) is 9.59 Å². The number of rotatable bonds is 4. The lowest BCUT2D eigenvalue weighted by Gasteiger charge is -1.92. The van der Waals surface area contributed by atoms with Gasteiger partial charge < -0.3 is 14.9 Å². The summed E-state index contributed by atoms with van der Waals surface area (Å²) < 4.78 is 29.9. The van der Waals surface area contributed by atoms with Gasteiger partial charge in [-0.05, 0) is 0 Å². The Hall–Kier alpha value is -1.10. The molecule has 0 spiro atoms. The third-order valence-corrected chi connectivity index (χ3v) is 0.277. The van der Waals surface area contributed by atoms with E-state index in [1.165, 1.54) is 0 Å². The molecule has 0 fully saturated rings. The van der Waals surface area contributed by atoms with Crippen molar-refractivity contribution in [2.24, 2.45) is 0 Å². The molecule has 0 aromatic heterocycles. The standard InChI is InChI=1S/C4H6O5/c5-3(6)1-9-2-4(7)8/h1-2H2,(H,5,6)(H,7,8)/i1D2,2D2. The van der Waals surface area contributed by atoms with Crippen LogP contribution in [0.25, 0.3) is 0 Å². The van der Waals surface area contributed by atoms with Gasteiger partial charge in [0, 0.05) is 0 Å². The van der Waals surface area contributed by atoms with Crippen LogP contribution in [0.2, 0.25) is 0 Å². The Labute approximate surface area is 56.5 Å². The van der Waals surface area contributed by atoms with Crippen LogP contribution in [0.15, 0.2) is 0 Å². The van der Waals surface area contributed by atoms with Crippen LogP contribution in [0.5, 0.6) is 0 Å². The Morgan fingerprint density at radius 3 is 1.89 bits per heavy atom. The molecule has 0 radical (unpaired) electrons. The van der Waals surface area contributed by atoms with Gasteiger partial charge in [0.15, 0.2) is 0 Å².